The highest BCUT2D eigenvalue weighted by molar-refractivity contribution is 5.93. The number of hydrogen-bond donors (Lipinski definition) is 3. The quantitative estimate of drug-likeness (QED) is 0.321. The number of guanidine groups is 1. The smallest absolute Gasteiger partial charge is 0.210 e. The summed E-state index contributed by atoms with van der Waals surface area (Å²) in [5, 5.41) is 3.13. The number of ether oxygens (including phenoxy) is 1. The number of methoxy groups -OCH3 is 1. The van der Waals surface area contributed by atoms with Crippen LogP contribution in [-0.2, 0) is 4.74 Å². The Bertz CT molecular complexity index is 365. The molecule has 1 unspecified atom stereocenters. The highest BCUT2D eigenvalue weighted by Crippen LogP contribution is 2.09. The maximum absolute atomic E-state index is 5.48. The molecule has 5 heteroatoms. The van der Waals surface area contributed by atoms with Gasteiger partial charge in [-0.25, -0.2) is 10.8 Å². The van der Waals surface area contributed by atoms with Crippen molar-refractivity contribution in [1.29, 1.82) is 0 Å². The van der Waals surface area contributed by atoms with E-state index in [4.69, 9.17) is 10.6 Å². The van der Waals surface area contributed by atoms with Gasteiger partial charge >= 0.3 is 0 Å². The Morgan fingerprint density at radius 2 is 2.00 bits per heavy atom. The van der Waals surface area contributed by atoms with Crippen molar-refractivity contribution in [3.63, 3.8) is 0 Å². The number of hydrogen-bond acceptors (Lipinski definition) is 3. The third-order valence-corrected chi connectivity index (χ3v) is 2.58. The molecule has 0 aliphatic carbocycles. The van der Waals surface area contributed by atoms with Gasteiger partial charge in [0.15, 0.2) is 0 Å². The van der Waals surface area contributed by atoms with Gasteiger partial charge in [-0.05, 0) is 18.1 Å². The van der Waals surface area contributed by atoms with Crippen LogP contribution in [0.1, 0.15) is 13.8 Å². The molecule has 0 aliphatic rings. The molecule has 0 saturated carbocycles. The maximum atomic E-state index is 5.48. The molecule has 0 radical (unpaired) electrons. The van der Waals surface area contributed by atoms with Crippen molar-refractivity contribution in [3.8, 4) is 0 Å². The first-order chi connectivity index (χ1) is 8.67. The van der Waals surface area contributed by atoms with Crippen LogP contribution in [0.5, 0.6) is 0 Å². The zero-order chi connectivity index (χ0) is 13.4. The van der Waals surface area contributed by atoms with Gasteiger partial charge in [0.25, 0.3) is 0 Å². The average molecular weight is 250 g/mol. The lowest BCUT2D eigenvalue weighted by Gasteiger charge is -2.18. The Morgan fingerprint density at radius 1 is 1.33 bits per heavy atom. The molecule has 0 aliphatic heterocycles. The lowest BCUT2D eigenvalue weighted by molar-refractivity contribution is 0.165. The lowest BCUT2D eigenvalue weighted by Crippen LogP contribution is -2.38. The molecule has 0 fully saturated rings. The molecule has 0 spiro atoms. The second kappa shape index (κ2) is 7.68. The summed E-state index contributed by atoms with van der Waals surface area (Å²) < 4.78 is 5.16. The normalized spacial score (nSPS) is 13.5. The van der Waals surface area contributed by atoms with E-state index in [1.54, 1.807) is 7.11 Å². The van der Waals surface area contributed by atoms with Gasteiger partial charge in [-0.3, -0.25) is 5.43 Å². The summed E-state index contributed by atoms with van der Waals surface area (Å²) in [7, 11) is 1.67. The number of rotatable bonds is 5. The molecule has 0 bridgehead atoms. The predicted molar refractivity (Wildman–Crippen MR) is 75.3 cm³/mol. The largest absolute Gasteiger partial charge is 0.382 e. The van der Waals surface area contributed by atoms with Gasteiger partial charge in [-0.1, -0.05) is 32.0 Å². The van der Waals surface area contributed by atoms with Gasteiger partial charge < -0.3 is 10.1 Å². The molecule has 0 saturated heterocycles. The molecule has 18 heavy (non-hydrogen) atoms. The molecule has 0 heterocycles. The van der Waals surface area contributed by atoms with Crippen molar-refractivity contribution in [2.75, 3.05) is 19.0 Å². The van der Waals surface area contributed by atoms with E-state index in [-0.39, 0.29) is 6.04 Å². The summed E-state index contributed by atoms with van der Waals surface area (Å²) >= 11 is 0. The molecule has 4 N–H and O–H groups in total. The monoisotopic (exact) mass is 250 g/mol. The summed E-state index contributed by atoms with van der Waals surface area (Å²) in [6, 6.07) is 9.83. The van der Waals surface area contributed by atoms with Crippen LogP contribution in [0.15, 0.2) is 35.3 Å². The summed E-state index contributed by atoms with van der Waals surface area (Å²) in [6.45, 7) is 4.77. The van der Waals surface area contributed by atoms with Crippen LogP contribution in [0.2, 0.25) is 0 Å². The fraction of sp³-hybridized carbons (Fsp3) is 0.462. The number of nitrogens with one attached hydrogen (secondary N) is 2. The van der Waals surface area contributed by atoms with E-state index in [1.165, 1.54) is 0 Å². The Hall–Kier alpha value is -1.59. The topological polar surface area (TPSA) is 71.7 Å². The van der Waals surface area contributed by atoms with Gasteiger partial charge in [-0.2, -0.15) is 0 Å². The van der Waals surface area contributed by atoms with Crippen molar-refractivity contribution in [2.24, 2.45) is 16.8 Å². The van der Waals surface area contributed by atoms with E-state index in [9.17, 15) is 0 Å². The number of nitrogens with zero attached hydrogens (tertiary/aromatic N) is 1. The first-order valence-corrected chi connectivity index (χ1v) is 6.02. The van der Waals surface area contributed by atoms with Gasteiger partial charge in [0.2, 0.25) is 5.96 Å². The Labute approximate surface area is 108 Å². The second-order valence-corrected chi connectivity index (χ2v) is 4.38. The Morgan fingerprint density at radius 3 is 2.50 bits per heavy atom. The Kier molecular flexibility index (Phi) is 6.18. The molecule has 0 amide bonds. The zero-order valence-electron chi connectivity index (χ0n) is 11.2. The van der Waals surface area contributed by atoms with Gasteiger partial charge in [0, 0.05) is 12.8 Å². The molecule has 1 aromatic carbocycles. The fourth-order valence-electron chi connectivity index (χ4n) is 1.48. The molecule has 1 atom stereocenters. The van der Waals surface area contributed by atoms with Gasteiger partial charge in [-0.15, -0.1) is 0 Å². The number of para-hydroxylation sites is 1. The molecular weight excluding hydrogens is 228 g/mol. The second-order valence-electron chi connectivity index (χ2n) is 4.38. The zero-order valence-corrected chi connectivity index (χ0v) is 11.2. The van der Waals surface area contributed by atoms with Crippen molar-refractivity contribution >= 4 is 11.6 Å². The average Bonchev–Trinajstić information content (AvgIpc) is 2.38. The molecule has 1 aromatic rings. The van der Waals surface area contributed by atoms with E-state index >= 15 is 0 Å². The number of nitrogens with two attached hydrogens (primary N) is 1. The number of anilines is 1. The van der Waals surface area contributed by atoms with E-state index in [0.717, 1.165) is 5.69 Å². The van der Waals surface area contributed by atoms with Crippen molar-refractivity contribution in [1.82, 2.24) is 5.43 Å². The third kappa shape index (κ3) is 4.73. The minimum atomic E-state index is 0.0669. The highest BCUT2D eigenvalue weighted by atomic mass is 16.5. The van der Waals surface area contributed by atoms with Gasteiger partial charge in [0.05, 0.1) is 12.6 Å². The first-order valence-electron chi connectivity index (χ1n) is 6.02. The van der Waals surface area contributed by atoms with Crippen LogP contribution in [0.25, 0.3) is 0 Å². The number of hydrazine groups is 1. The highest BCUT2D eigenvalue weighted by Gasteiger charge is 2.12. The van der Waals surface area contributed by atoms with Crippen LogP contribution in [0.4, 0.5) is 5.69 Å². The first kappa shape index (κ1) is 14.5. The summed E-state index contributed by atoms with van der Waals surface area (Å²) in [5.41, 5.74) is 3.52. The summed E-state index contributed by atoms with van der Waals surface area (Å²) in [4.78, 5) is 4.52. The SMILES string of the molecule is COCC(N=C(NN)Nc1ccccc1)C(C)C. The number of aliphatic imine (C=N–C) groups is 1. The van der Waals surface area contributed by atoms with E-state index in [1.807, 2.05) is 30.3 Å². The molecule has 5 nitrogen and oxygen atoms in total. The Balaban J connectivity index is 2.74. The van der Waals surface area contributed by atoms with Crippen LogP contribution < -0.4 is 16.6 Å². The molecule has 100 valence electrons. The summed E-state index contributed by atoms with van der Waals surface area (Å²) in [6.07, 6.45) is 0. The third-order valence-electron chi connectivity index (χ3n) is 2.58. The molecular formula is C13H22N4O. The molecule has 0 aromatic heterocycles. The van der Waals surface area contributed by atoms with Crippen LogP contribution in [-0.4, -0.2) is 25.7 Å². The standard InChI is InChI=1S/C13H22N4O/c1-10(2)12(9-18-3)16-13(17-14)15-11-7-5-4-6-8-11/h4-8,10,12H,9,14H2,1-3H3,(H2,15,16,17). The van der Waals surface area contributed by atoms with E-state index < -0.39 is 0 Å². The van der Waals surface area contributed by atoms with Gasteiger partial charge in [0.1, 0.15) is 0 Å². The summed E-state index contributed by atoms with van der Waals surface area (Å²) in [5.74, 6) is 6.40. The predicted octanol–water partition coefficient (Wildman–Crippen LogP) is 1.59. The minimum Gasteiger partial charge on any atom is -0.382 e. The van der Waals surface area contributed by atoms with E-state index in [2.05, 4.69) is 29.6 Å². The maximum Gasteiger partial charge on any atom is 0.210 e. The van der Waals surface area contributed by atoms with Crippen LogP contribution in [0, 0.1) is 5.92 Å². The van der Waals surface area contributed by atoms with Crippen LogP contribution >= 0.6 is 0 Å². The van der Waals surface area contributed by atoms with Crippen molar-refractivity contribution < 1.29 is 4.74 Å². The van der Waals surface area contributed by atoms with Crippen molar-refractivity contribution in [3.05, 3.63) is 30.3 Å². The fourth-order valence-corrected chi connectivity index (χ4v) is 1.48. The van der Waals surface area contributed by atoms with E-state index in [0.29, 0.717) is 18.5 Å². The minimum absolute atomic E-state index is 0.0669. The van der Waals surface area contributed by atoms with Crippen LogP contribution in [0.3, 0.4) is 0 Å². The lowest BCUT2D eigenvalue weighted by atomic mass is 10.1. The molecule has 1 rings (SSSR count). The van der Waals surface area contributed by atoms with Crippen molar-refractivity contribution in [2.45, 2.75) is 19.9 Å². The number of benzene rings is 1.